The molecule has 0 fully saturated rings. The first kappa shape index (κ1) is 24.7. The largest absolute Gasteiger partial charge is 0.382 e. The standard InChI is InChI=1S/C24H26FN9O2/c1-13(30-19(35)12-36-3)10-29-24-27-9-8-17(32-24)20-21(18-11-28-22(26)14(2)31-18)34-23(33-20)15-4-6-16(25)7-5-15/h4-9,11,13H,10,12H2,1-3H3,(H2,26,28)(H,30,35)(H,33,34)(H,27,29,32)/t13-/m0/s1. The summed E-state index contributed by atoms with van der Waals surface area (Å²) in [6.07, 6.45) is 3.15. The number of rotatable bonds is 9. The second-order valence-corrected chi connectivity index (χ2v) is 8.09. The summed E-state index contributed by atoms with van der Waals surface area (Å²) in [7, 11) is 1.46. The summed E-state index contributed by atoms with van der Waals surface area (Å²) in [5.74, 6) is 0.652. The first-order valence-electron chi connectivity index (χ1n) is 11.1. The number of hydrogen-bond acceptors (Lipinski definition) is 9. The highest BCUT2D eigenvalue weighted by molar-refractivity contribution is 5.78. The van der Waals surface area contributed by atoms with E-state index >= 15 is 0 Å². The number of benzene rings is 1. The van der Waals surface area contributed by atoms with Gasteiger partial charge in [0.1, 0.15) is 35.5 Å². The molecule has 11 nitrogen and oxygen atoms in total. The number of nitrogens with zero attached hydrogens (tertiary/aromatic N) is 5. The lowest BCUT2D eigenvalue weighted by atomic mass is 10.2. The highest BCUT2D eigenvalue weighted by atomic mass is 19.1. The van der Waals surface area contributed by atoms with E-state index in [0.29, 0.717) is 58.2 Å². The fraction of sp³-hybridized carbons (Fsp3) is 0.250. The van der Waals surface area contributed by atoms with Gasteiger partial charge in [0.05, 0.1) is 23.3 Å². The van der Waals surface area contributed by atoms with Gasteiger partial charge < -0.3 is 26.1 Å². The summed E-state index contributed by atoms with van der Waals surface area (Å²) in [5.41, 5.74) is 9.26. The molecule has 0 radical (unpaired) electrons. The van der Waals surface area contributed by atoms with Crippen molar-refractivity contribution in [2.45, 2.75) is 19.9 Å². The Kier molecular flexibility index (Phi) is 7.44. The van der Waals surface area contributed by atoms with Crippen molar-refractivity contribution in [2.75, 3.05) is 31.3 Å². The topological polar surface area (TPSA) is 157 Å². The first-order chi connectivity index (χ1) is 17.3. The number of aromatic nitrogens is 6. The summed E-state index contributed by atoms with van der Waals surface area (Å²) in [6.45, 7) is 4.01. The van der Waals surface area contributed by atoms with Gasteiger partial charge >= 0.3 is 0 Å². The van der Waals surface area contributed by atoms with Crippen LogP contribution in [0, 0.1) is 12.7 Å². The van der Waals surface area contributed by atoms with Crippen molar-refractivity contribution < 1.29 is 13.9 Å². The van der Waals surface area contributed by atoms with Crippen LogP contribution in [0.1, 0.15) is 12.6 Å². The SMILES string of the molecule is COCC(=O)N[C@@H](C)CNc1nccc(-c2[nH]c(-c3ccc(F)cc3)nc2-c2cnc(N)c(C)n2)n1. The Balaban J connectivity index is 1.66. The maximum absolute atomic E-state index is 13.5. The molecule has 0 saturated carbocycles. The van der Waals surface area contributed by atoms with Crippen LogP contribution in [0.15, 0.2) is 42.7 Å². The number of halogens is 1. The number of imidazole rings is 1. The lowest BCUT2D eigenvalue weighted by molar-refractivity contribution is -0.125. The first-order valence-corrected chi connectivity index (χ1v) is 11.1. The Hall–Kier alpha value is -4.45. The summed E-state index contributed by atoms with van der Waals surface area (Å²) in [6, 6.07) is 7.55. The number of carbonyl (C=O) groups is 1. The zero-order valence-electron chi connectivity index (χ0n) is 20.0. The predicted octanol–water partition coefficient (Wildman–Crippen LogP) is 2.58. The van der Waals surface area contributed by atoms with Gasteiger partial charge in [-0.05, 0) is 44.2 Å². The van der Waals surface area contributed by atoms with Gasteiger partial charge in [0, 0.05) is 31.5 Å². The fourth-order valence-electron chi connectivity index (χ4n) is 3.42. The molecule has 36 heavy (non-hydrogen) atoms. The van der Waals surface area contributed by atoms with Crippen molar-refractivity contribution in [3.05, 3.63) is 54.2 Å². The summed E-state index contributed by atoms with van der Waals surface area (Å²) >= 11 is 0. The number of carbonyl (C=O) groups excluding carboxylic acids is 1. The molecule has 0 aliphatic heterocycles. The highest BCUT2D eigenvalue weighted by Crippen LogP contribution is 2.31. The fourth-order valence-corrected chi connectivity index (χ4v) is 3.42. The van der Waals surface area contributed by atoms with Crippen molar-refractivity contribution in [3.8, 4) is 34.2 Å². The van der Waals surface area contributed by atoms with Gasteiger partial charge in [-0.15, -0.1) is 0 Å². The van der Waals surface area contributed by atoms with E-state index in [1.807, 2.05) is 6.92 Å². The highest BCUT2D eigenvalue weighted by Gasteiger charge is 2.19. The Morgan fingerprint density at radius 1 is 1.14 bits per heavy atom. The molecule has 3 heterocycles. The number of ether oxygens (including phenoxy) is 1. The molecule has 3 aromatic heterocycles. The molecular weight excluding hydrogens is 465 g/mol. The van der Waals surface area contributed by atoms with Crippen LogP contribution in [-0.2, 0) is 9.53 Å². The van der Waals surface area contributed by atoms with Crippen molar-refractivity contribution in [3.63, 3.8) is 0 Å². The maximum atomic E-state index is 13.5. The van der Waals surface area contributed by atoms with Gasteiger partial charge in [-0.1, -0.05) is 0 Å². The molecule has 0 saturated heterocycles. The van der Waals surface area contributed by atoms with E-state index in [1.165, 1.54) is 19.2 Å². The maximum Gasteiger partial charge on any atom is 0.246 e. The van der Waals surface area contributed by atoms with Gasteiger partial charge in [-0.3, -0.25) is 4.79 Å². The third kappa shape index (κ3) is 5.78. The summed E-state index contributed by atoms with van der Waals surface area (Å²) in [5, 5.41) is 5.94. The van der Waals surface area contributed by atoms with Gasteiger partial charge in [0.15, 0.2) is 0 Å². The number of hydrogen-bond donors (Lipinski definition) is 4. The lowest BCUT2D eigenvalue weighted by Gasteiger charge is -2.14. The molecule has 1 amide bonds. The number of amides is 1. The number of nitrogens with one attached hydrogen (secondary N) is 3. The molecule has 0 aliphatic carbocycles. The molecule has 1 atom stereocenters. The Labute approximate surface area is 206 Å². The lowest BCUT2D eigenvalue weighted by Crippen LogP contribution is -2.39. The number of aromatic amines is 1. The number of aryl methyl sites for hydroxylation is 1. The zero-order valence-corrected chi connectivity index (χ0v) is 20.0. The number of nitrogens with two attached hydrogens (primary N) is 1. The molecule has 4 rings (SSSR count). The van der Waals surface area contributed by atoms with Crippen molar-refractivity contribution >= 4 is 17.7 Å². The van der Waals surface area contributed by atoms with E-state index < -0.39 is 0 Å². The molecule has 186 valence electrons. The van der Waals surface area contributed by atoms with Gasteiger partial charge in [-0.2, -0.15) is 0 Å². The third-order valence-electron chi connectivity index (χ3n) is 5.21. The van der Waals surface area contributed by atoms with Crippen LogP contribution in [-0.4, -0.2) is 62.1 Å². The molecule has 0 aliphatic rings. The quantitative estimate of drug-likeness (QED) is 0.276. The average Bonchev–Trinajstić information content (AvgIpc) is 3.31. The van der Waals surface area contributed by atoms with E-state index in [-0.39, 0.29) is 24.4 Å². The minimum absolute atomic E-state index is 0.0111. The van der Waals surface area contributed by atoms with E-state index in [1.54, 1.807) is 37.5 Å². The van der Waals surface area contributed by atoms with Crippen LogP contribution in [0.4, 0.5) is 16.2 Å². The molecule has 12 heteroatoms. The van der Waals surface area contributed by atoms with E-state index in [9.17, 15) is 9.18 Å². The van der Waals surface area contributed by atoms with Crippen LogP contribution in [0.5, 0.6) is 0 Å². The number of methoxy groups -OCH3 is 1. The van der Waals surface area contributed by atoms with Crippen LogP contribution in [0.25, 0.3) is 34.2 Å². The normalized spacial score (nSPS) is 11.8. The number of anilines is 2. The van der Waals surface area contributed by atoms with E-state index in [0.717, 1.165) is 0 Å². The molecule has 0 spiro atoms. The number of nitrogen functional groups attached to an aromatic ring is 1. The van der Waals surface area contributed by atoms with Crippen LogP contribution >= 0.6 is 0 Å². The van der Waals surface area contributed by atoms with Crippen LogP contribution in [0.3, 0.4) is 0 Å². The van der Waals surface area contributed by atoms with Crippen LogP contribution in [0.2, 0.25) is 0 Å². The second-order valence-electron chi connectivity index (χ2n) is 8.09. The minimum Gasteiger partial charge on any atom is -0.382 e. The average molecular weight is 492 g/mol. The van der Waals surface area contributed by atoms with Crippen molar-refractivity contribution in [1.29, 1.82) is 0 Å². The van der Waals surface area contributed by atoms with Crippen molar-refractivity contribution in [1.82, 2.24) is 35.2 Å². The Bertz CT molecular complexity index is 1360. The van der Waals surface area contributed by atoms with Gasteiger partial charge in [-0.25, -0.2) is 29.3 Å². The molecular formula is C24H26FN9O2. The van der Waals surface area contributed by atoms with E-state index in [4.69, 9.17) is 15.5 Å². The second kappa shape index (κ2) is 10.9. The minimum atomic E-state index is -0.343. The molecule has 4 aromatic rings. The molecule has 5 N–H and O–H groups in total. The summed E-state index contributed by atoms with van der Waals surface area (Å²) in [4.78, 5) is 37.3. The third-order valence-corrected chi connectivity index (χ3v) is 5.21. The Morgan fingerprint density at radius 3 is 2.64 bits per heavy atom. The van der Waals surface area contributed by atoms with Gasteiger partial charge in [0.2, 0.25) is 11.9 Å². The van der Waals surface area contributed by atoms with Crippen LogP contribution < -0.4 is 16.4 Å². The van der Waals surface area contributed by atoms with Crippen molar-refractivity contribution in [2.24, 2.45) is 0 Å². The molecule has 0 bridgehead atoms. The Morgan fingerprint density at radius 2 is 1.92 bits per heavy atom. The summed E-state index contributed by atoms with van der Waals surface area (Å²) < 4.78 is 18.3. The molecule has 0 unspecified atom stereocenters. The number of H-pyrrole nitrogens is 1. The zero-order chi connectivity index (χ0) is 25.7. The van der Waals surface area contributed by atoms with Gasteiger partial charge in [0.25, 0.3) is 0 Å². The monoisotopic (exact) mass is 491 g/mol. The predicted molar refractivity (Wildman–Crippen MR) is 133 cm³/mol. The van der Waals surface area contributed by atoms with E-state index in [2.05, 4.69) is 35.6 Å². The molecule has 1 aromatic carbocycles. The smallest absolute Gasteiger partial charge is 0.246 e.